The first-order valence-corrected chi connectivity index (χ1v) is 6.80. The van der Waals surface area contributed by atoms with Crippen molar-refractivity contribution in [3.05, 3.63) is 34.1 Å². The molecule has 23 heavy (non-hydrogen) atoms. The van der Waals surface area contributed by atoms with E-state index in [9.17, 15) is 27.9 Å². The Bertz CT molecular complexity index is 808. The molecule has 0 atom stereocenters. The number of hydrogen-bond acceptors (Lipinski definition) is 4. The van der Waals surface area contributed by atoms with Crippen LogP contribution in [-0.2, 0) is 11.0 Å². The van der Waals surface area contributed by atoms with Crippen molar-refractivity contribution in [2.75, 3.05) is 6.54 Å². The van der Waals surface area contributed by atoms with E-state index in [0.717, 1.165) is 18.2 Å². The van der Waals surface area contributed by atoms with E-state index < -0.39 is 41.6 Å². The summed E-state index contributed by atoms with van der Waals surface area (Å²) in [4.78, 5) is 25.9. The Labute approximate surface area is 135 Å². The number of nitrogens with one attached hydrogen (secondary N) is 1. The molecule has 2 aromatic rings. The molecule has 1 amide bonds. The number of rotatable bonds is 3. The molecule has 6 nitrogen and oxygen atoms in total. The number of halogens is 4. The minimum absolute atomic E-state index is 0.0275. The van der Waals surface area contributed by atoms with E-state index in [4.69, 9.17) is 5.11 Å². The molecule has 0 radical (unpaired) electrons. The van der Waals surface area contributed by atoms with Gasteiger partial charge >= 0.3 is 12.1 Å². The maximum atomic E-state index is 12.7. The zero-order valence-electron chi connectivity index (χ0n) is 11.1. The number of aromatic nitrogens is 1. The van der Waals surface area contributed by atoms with Gasteiger partial charge in [0.1, 0.15) is 11.1 Å². The van der Waals surface area contributed by atoms with Crippen LogP contribution >= 0.6 is 15.9 Å². The fraction of sp³-hybridized carbons (Fsp3) is 0.154. The van der Waals surface area contributed by atoms with Crippen molar-refractivity contribution in [3.8, 4) is 5.75 Å². The zero-order valence-corrected chi connectivity index (χ0v) is 12.7. The second kappa shape index (κ2) is 6.03. The summed E-state index contributed by atoms with van der Waals surface area (Å²) >= 11 is 2.95. The number of aliphatic carboxylic acids is 1. The molecular formula is C13H8BrF3N2O4. The molecule has 0 unspecified atom stereocenters. The van der Waals surface area contributed by atoms with Crippen LogP contribution in [0.25, 0.3) is 10.8 Å². The number of alkyl halides is 3. The average molecular weight is 393 g/mol. The van der Waals surface area contributed by atoms with Crippen molar-refractivity contribution < 1.29 is 33.0 Å². The molecular weight excluding hydrogens is 385 g/mol. The summed E-state index contributed by atoms with van der Waals surface area (Å²) in [5.74, 6) is -2.90. The lowest BCUT2D eigenvalue weighted by Crippen LogP contribution is -2.30. The van der Waals surface area contributed by atoms with E-state index in [2.05, 4.69) is 20.9 Å². The molecule has 0 fully saturated rings. The lowest BCUT2D eigenvalue weighted by atomic mass is 10.1. The molecule has 1 heterocycles. The number of pyridine rings is 1. The number of amides is 1. The van der Waals surface area contributed by atoms with Gasteiger partial charge in [-0.05, 0) is 34.1 Å². The number of carbonyl (C=O) groups is 2. The van der Waals surface area contributed by atoms with Crippen molar-refractivity contribution in [2.45, 2.75) is 6.18 Å². The van der Waals surface area contributed by atoms with Crippen LogP contribution in [0.5, 0.6) is 5.75 Å². The van der Waals surface area contributed by atoms with Crippen LogP contribution in [-0.4, -0.2) is 33.6 Å². The average Bonchev–Trinajstić information content (AvgIpc) is 2.47. The minimum Gasteiger partial charge on any atom is -0.505 e. The molecule has 2 rings (SSSR count). The predicted octanol–water partition coefficient (Wildman–Crippen LogP) is 2.54. The highest BCUT2D eigenvalue weighted by molar-refractivity contribution is 9.10. The van der Waals surface area contributed by atoms with Gasteiger partial charge in [-0.25, -0.2) is 4.98 Å². The van der Waals surface area contributed by atoms with E-state index >= 15 is 0 Å². The quantitative estimate of drug-likeness (QED) is 0.697. The maximum Gasteiger partial charge on any atom is 0.416 e. The van der Waals surface area contributed by atoms with E-state index in [1.54, 1.807) is 0 Å². The molecule has 3 N–H and O–H groups in total. The largest absolute Gasteiger partial charge is 0.505 e. The summed E-state index contributed by atoms with van der Waals surface area (Å²) in [5, 5.41) is 20.5. The Morgan fingerprint density at radius 2 is 1.91 bits per heavy atom. The number of fused-ring (bicyclic) bond motifs is 1. The van der Waals surface area contributed by atoms with Gasteiger partial charge in [0.2, 0.25) is 0 Å². The van der Waals surface area contributed by atoms with E-state index in [0.29, 0.717) is 0 Å². The van der Waals surface area contributed by atoms with Gasteiger partial charge in [0.25, 0.3) is 5.91 Å². The number of benzene rings is 1. The van der Waals surface area contributed by atoms with Gasteiger partial charge in [-0.2, -0.15) is 13.2 Å². The van der Waals surface area contributed by atoms with Crippen molar-refractivity contribution in [2.24, 2.45) is 0 Å². The van der Waals surface area contributed by atoms with E-state index in [1.165, 1.54) is 0 Å². The summed E-state index contributed by atoms with van der Waals surface area (Å²) in [7, 11) is 0. The van der Waals surface area contributed by atoms with Gasteiger partial charge in [-0.3, -0.25) is 9.59 Å². The topological polar surface area (TPSA) is 99.5 Å². The second-order valence-corrected chi connectivity index (χ2v) is 5.19. The molecule has 0 spiro atoms. The molecule has 0 aliphatic carbocycles. The van der Waals surface area contributed by atoms with Crippen molar-refractivity contribution in [3.63, 3.8) is 0 Å². The summed E-state index contributed by atoms with van der Waals surface area (Å²) < 4.78 is 38.1. The van der Waals surface area contributed by atoms with E-state index in [-0.39, 0.29) is 15.4 Å². The Balaban J connectivity index is 2.54. The highest BCUT2D eigenvalue weighted by Gasteiger charge is 2.31. The van der Waals surface area contributed by atoms with Crippen molar-refractivity contribution >= 4 is 38.6 Å². The molecule has 0 saturated carbocycles. The third-order valence-corrected chi connectivity index (χ3v) is 3.48. The van der Waals surface area contributed by atoms with Crippen LogP contribution in [0.2, 0.25) is 0 Å². The molecule has 10 heteroatoms. The lowest BCUT2D eigenvalue weighted by Gasteiger charge is -2.11. The number of carbonyl (C=O) groups excluding carboxylic acids is 1. The highest BCUT2D eigenvalue weighted by Crippen LogP contribution is 2.37. The fourth-order valence-corrected chi connectivity index (χ4v) is 2.34. The summed E-state index contributed by atoms with van der Waals surface area (Å²) in [6.07, 6.45) is -4.57. The second-order valence-electron chi connectivity index (χ2n) is 4.43. The SMILES string of the molecule is O=C(O)CNC(=O)c1nc(Br)c2cc(C(F)(F)F)ccc2c1O. The summed E-state index contributed by atoms with van der Waals surface area (Å²) in [5.41, 5.74) is -1.43. The predicted molar refractivity (Wildman–Crippen MR) is 76.1 cm³/mol. The number of carboxylic acids is 1. The van der Waals surface area contributed by atoms with Crippen LogP contribution in [0, 0.1) is 0 Å². The number of nitrogens with zero attached hydrogens (tertiary/aromatic N) is 1. The molecule has 1 aromatic carbocycles. The zero-order chi connectivity index (χ0) is 17.4. The Morgan fingerprint density at radius 1 is 1.26 bits per heavy atom. The first-order chi connectivity index (χ1) is 10.6. The molecule has 0 aliphatic rings. The highest BCUT2D eigenvalue weighted by atomic mass is 79.9. The summed E-state index contributed by atoms with van der Waals surface area (Å²) in [6, 6.07) is 2.55. The molecule has 0 saturated heterocycles. The fourth-order valence-electron chi connectivity index (χ4n) is 1.83. The Kier molecular flexibility index (Phi) is 4.46. The first kappa shape index (κ1) is 17.0. The standard InChI is InChI=1S/C13H8BrF3N2O4/c14-11-7-3-5(13(15,16)17)1-2-6(7)10(22)9(19-11)12(23)18-4-8(20)21/h1-3,22H,4H2,(H,18,23)(H,20,21). The van der Waals surface area contributed by atoms with Gasteiger partial charge in [0, 0.05) is 10.8 Å². The smallest absolute Gasteiger partial charge is 0.416 e. The number of hydrogen-bond donors (Lipinski definition) is 3. The third-order valence-electron chi connectivity index (χ3n) is 2.87. The van der Waals surface area contributed by atoms with Gasteiger partial charge in [0.05, 0.1) is 5.56 Å². The summed E-state index contributed by atoms with van der Waals surface area (Å²) in [6.45, 7) is -0.692. The van der Waals surface area contributed by atoms with Gasteiger partial charge in [-0.15, -0.1) is 0 Å². The lowest BCUT2D eigenvalue weighted by molar-refractivity contribution is -0.137. The molecule has 122 valence electrons. The van der Waals surface area contributed by atoms with Crippen LogP contribution in [0.1, 0.15) is 16.1 Å². The minimum atomic E-state index is -4.57. The van der Waals surface area contributed by atoms with Crippen molar-refractivity contribution in [1.29, 1.82) is 0 Å². The molecule has 0 aliphatic heterocycles. The molecule has 0 bridgehead atoms. The van der Waals surface area contributed by atoms with Gasteiger partial charge < -0.3 is 15.5 Å². The normalized spacial score (nSPS) is 11.5. The van der Waals surface area contributed by atoms with E-state index in [1.807, 2.05) is 5.32 Å². The maximum absolute atomic E-state index is 12.7. The van der Waals surface area contributed by atoms with Crippen molar-refractivity contribution in [1.82, 2.24) is 10.3 Å². The van der Waals surface area contributed by atoms with Crippen LogP contribution in [0.15, 0.2) is 22.8 Å². The number of carboxylic acid groups (broad SMARTS) is 1. The van der Waals surface area contributed by atoms with Crippen LogP contribution in [0.4, 0.5) is 13.2 Å². The number of aromatic hydroxyl groups is 1. The Morgan fingerprint density at radius 3 is 2.48 bits per heavy atom. The van der Waals surface area contributed by atoms with Crippen LogP contribution in [0.3, 0.4) is 0 Å². The Hall–Kier alpha value is -2.36. The third kappa shape index (κ3) is 3.52. The van der Waals surface area contributed by atoms with Gasteiger partial charge in [0.15, 0.2) is 11.4 Å². The van der Waals surface area contributed by atoms with Crippen LogP contribution < -0.4 is 5.32 Å². The first-order valence-electron chi connectivity index (χ1n) is 6.00. The van der Waals surface area contributed by atoms with Gasteiger partial charge in [-0.1, -0.05) is 0 Å². The monoisotopic (exact) mass is 392 g/mol. The molecule has 1 aromatic heterocycles.